The number of aryl methyl sites for hydroxylation is 1. The molecular formula is C28H30N2O3. The van der Waals surface area contributed by atoms with Crippen LogP contribution in [0, 0.1) is 6.92 Å². The number of fused-ring (bicyclic) bond motifs is 1. The molecule has 3 aromatic carbocycles. The lowest BCUT2D eigenvalue weighted by atomic mass is 9.93. The van der Waals surface area contributed by atoms with Crippen molar-refractivity contribution in [2.45, 2.75) is 26.8 Å². The maximum Gasteiger partial charge on any atom is 0.295 e. The molecule has 33 heavy (non-hydrogen) atoms. The summed E-state index contributed by atoms with van der Waals surface area (Å²) >= 11 is 0. The minimum Gasteiger partial charge on any atom is -0.507 e. The van der Waals surface area contributed by atoms with E-state index in [1.807, 2.05) is 67.6 Å². The highest BCUT2D eigenvalue weighted by Crippen LogP contribution is 2.40. The van der Waals surface area contributed by atoms with Gasteiger partial charge in [0.15, 0.2) is 0 Å². The molecule has 170 valence electrons. The van der Waals surface area contributed by atoms with Crippen molar-refractivity contribution in [2.24, 2.45) is 0 Å². The van der Waals surface area contributed by atoms with E-state index in [-0.39, 0.29) is 11.3 Å². The molecule has 1 N–H and O–H groups in total. The van der Waals surface area contributed by atoms with E-state index in [4.69, 9.17) is 0 Å². The molecule has 5 heteroatoms. The van der Waals surface area contributed by atoms with Crippen LogP contribution in [-0.2, 0) is 9.59 Å². The molecule has 1 saturated heterocycles. The summed E-state index contributed by atoms with van der Waals surface area (Å²) in [5.41, 5.74) is 2.58. The number of amides is 1. The zero-order valence-electron chi connectivity index (χ0n) is 19.4. The highest BCUT2D eigenvalue weighted by molar-refractivity contribution is 6.46. The molecular weight excluding hydrogens is 412 g/mol. The largest absolute Gasteiger partial charge is 0.507 e. The lowest BCUT2D eigenvalue weighted by Gasteiger charge is -2.28. The topological polar surface area (TPSA) is 60.9 Å². The number of hydrogen-bond donors (Lipinski definition) is 1. The molecule has 0 spiro atoms. The van der Waals surface area contributed by atoms with Gasteiger partial charge in [-0.3, -0.25) is 9.59 Å². The number of hydrogen-bond acceptors (Lipinski definition) is 4. The molecule has 1 aliphatic rings. The van der Waals surface area contributed by atoms with Crippen molar-refractivity contribution in [3.05, 3.63) is 89.0 Å². The Hall–Kier alpha value is -3.44. The normalized spacial score (nSPS) is 17.9. The van der Waals surface area contributed by atoms with Crippen LogP contribution in [0.25, 0.3) is 16.5 Å². The van der Waals surface area contributed by atoms with Crippen molar-refractivity contribution >= 4 is 28.2 Å². The molecule has 1 unspecified atom stereocenters. The Labute approximate surface area is 194 Å². The second-order valence-corrected chi connectivity index (χ2v) is 8.46. The van der Waals surface area contributed by atoms with Crippen LogP contribution in [0.2, 0.25) is 0 Å². The number of carbonyl (C=O) groups is 2. The molecule has 1 atom stereocenters. The van der Waals surface area contributed by atoms with Gasteiger partial charge >= 0.3 is 0 Å². The number of likely N-dealkylation sites (tertiary alicyclic amines) is 1. The van der Waals surface area contributed by atoms with Crippen molar-refractivity contribution in [3.63, 3.8) is 0 Å². The monoisotopic (exact) mass is 442 g/mol. The van der Waals surface area contributed by atoms with E-state index in [1.54, 1.807) is 11.0 Å². The summed E-state index contributed by atoms with van der Waals surface area (Å²) in [6, 6.07) is 20.5. The minimum absolute atomic E-state index is 0.123. The van der Waals surface area contributed by atoms with Crippen LogP contribution in [0.1, 0.15) is 36.6 Å². The van der Waals surface area contributed by atoms with E-state index in [1.165, 1.54) is 0 Å². The van der Waals surface area contributed by atoms with Crippen LogP contribution in [0.4, 0.5) is 0 Å². The zero-order chi connectivity index (χ0) is 23.5. The summed E-state index contributed by atoms with van der Waals surface area (Å²) in [4.78, 5) is 30.3. The van der Waals surface area contributed by atoms with Crippen molar-refractivity contribution in [1.29, 1.82) is 0 Å². The molecule has 0 radical (unpaired) electrons. The summed E-state index contributed by atoms with van der Waals surface area (Å²) in [6.07, 6.45) is 0. The molecule has 1 heterocycles. The predicted molar refractivity (Wildman–Crippen MR) is 132 cm³/mol. The predicted octanol–water partition coefficient (Wildman–Crippen LogP) is 4.91. The number of aliphatic hydroxyl groups is 1. The van der Waals surface area contributed by atoms with Gasteiger partial charge in [0.25, 0.3) is 11.7 Å². The highest BCUT2D eigenvalue weighted by Gasteiger charge is 2.46. The van der Waals surface area contributed by atoms with Crippen LogP contribution >= 0.6 is 0 Å². The summed E-state index contributed by atoms with van der Waals surface area (Å²) in [6.45, 7) is 8.95. The number of likely N-dealkylation sites (N-methyl/N-ethyl adjacent to an activating group) is 1. The van der Waals surface area contributed by atoms with Gasteiger partial charge in [-0.2, -0.15) is 0 Å². The fourth-order valence-corrected chi connectivity index (χ4v) is 4.66. The Balaban J connectivity index is 1.87. The van der Waals surface area contributed by atoms with Gasteiger partial charge < -0.3 is 14.9 Å². The maximum atomic E-state index is 13.3. The smallest absolute Gasteiger partial charge is 0.295 e. The van der Waals surface area contributed by atoms with E-state index in [0.29, 0.717) is 18.7 Å². The third-order valence-corrected chi connectivity index (χ3v) is 6.49. The molecule has 3 aromatic rings. The molecule has 5 nitrogen and oxygen atoms in total. The van der Waals surface area contributed by atoms with E-state index < -0.39 is 17.7 Å². The summed E-state index contributed by atoms with van der Waals surface area (Å²) in [7, 11) is 0. The molecule has 1 aliphatic heterocycles. The average Bonchev–Trinajstić information content (AvgIpc) is 3.09. The number of Topliss-reactive ketones (excluding diaryl/α,β-unsaturated/α-hetero) is 1. The van der Waals surface area contributed by atoms with Crippen LogP contribution in [0.15, 0.2) is 72.3 Å². The quantitative estimate of drug-likeness (QED) is 0.321. The van der Waals surface area contributed by atoms with Crippen LogP contribution in [0.5, 0.6) is 0 Å². The molecule has 0 bridgehead atoms. The molecule has 0 aromatic heterocycles. The third-order valence-electron chi connectivity index (χ3n) is 6.49. The van der Waals surface area contributed by atoms with Gasteiger partial charge in [-0.25, -0.2) is 0 Å². The number of nitrogens with zero attached hydrogens (tertiary/aromatic N) is 2. The number of carbonyl (C=O) groups excluding carboxylic acids is 2. The van der Waals surface area contributed by atoms with Crippen molar-refractivity contribution in [3.8, 4) is 0 Å². The Morgan fingerprint density at radius 3 is 2.39 bits per heavy atom. The molecule has 1 amide bonds. The summed E-state index contributed by atoms with van der Waals surface area (Å²) < 4.78 is 0. The second kappa shape index (κ2) is 9.59. The number of rotatable bonds is 7. The second-order valence-electron chi connectivity index (χ2n) is 8.46. The Bertz CT molecular complexity index is 1220. The first kappa shape index (κ1) is 22.7. The zero-order valence-corrected chi connectivity index (χ0v) is 19.4. The number of ketones is 1. The van der Waals surface area contributed by atoms with Gasteiger partial charge in [0.2, 0.25) is 0 Å². The van der Waals surface area contributed by atoms with Gasteiger partial charge in [0.1, 0.15) is 5.76 Å². The first-order chi connectivity index (χ1) is 16.0. The fraction of sp³-hybridized carbons (Fsp3) is 0.286. The van der Waals surface area contributed by atoms with Gasteiger partial charge in [0, 0.05) is 18.7 Å². The van der Waals surface area contributed by atoms with E-state index in [9.17, 15) is 14.7 Å². The Kier molecular flexibility index (Phi) is 6.61. The maximum absolute atomic E-state index is 13.3. The average molecular weight is 443 g/mol. The van der Waals surface area contributed by atoms with Crippen LogP contribution in [0.3, 0.4) is 0 Å². The highest BCUT2D eigenvalue weighted by atomic mass is 16.3. The first-order valence-electron chi connectivity index (χ1n) is 11.5. The van der Waals surface area contributed by atoms with E-state index >= 15 is 0 Å². The molecule has 0 aliphatic carbocycles. The molecule has 4 rings (SSSR count). The SMILES string of the molecule is CCN(CC)CCN1C(=O)C(=O)/C(=C(\O)c2cccc3ccccc23)C1c1cccc(C)c1. The number of aliphatic hydroxyl groups excluding tert-OH is 1. The van der Waals surface area contributed by atoms with Gasteiger partial charge in [-0.15, -0.1) is 0 Å². The summed E-state index contributed by atoms with van der Waals surface area (Å²) in [5.74, 6) is -1.32. The molecule has 1 fully saturated rings. The standard InChI is InChI=1S/C28H30N2O3/c1-4-29(5-2)16-17-30-25(21-13-8-10-19(3)18-21)24(27(32)28(30)33)26(31)23-15-9-12-20-11-6-7-14-22(20)23/h6-15,18,25,31H,4-5,16-17H2,1-3H3/b26-24-. The van der Waals surface area contributed by atoms with Gasteiger partial charge in [0.05, 0.1) is 11.6 Å². The Morgan fingerprint density at radius 2 is 1.67 bits per heavy atom. The van der Waals surface area contributed by atoms with Gasteiger partial charge in [-0.1, -0.05) is 86.1 Å². The van der Waals surface area contributed by atoms with Crippen LogP contribution in [-0.4, -0.2) is 52.8 Å². The first-order valence-corrected chi connectivity index (χ1v) is 11.5. The van der Waals surface area contributed by atoms with Crippen molar-refractivity contribution < 1.29 is 14.7 Å². The van der Waals surface area contributed by atoms with E-state index in [0.717, 1.165) is 35.0 Å². The van der Waals surface area contributed by atoms with Crippen molar-refractivity contribution in [2.75, 3.05) is 26.2 Å². The lowest BCUT2D eigenvalue weighted by Crippen LogP contribution is -2.38. The fourth-order valence-electron chi connectivity index (χ4n) is 4.66. The lowest BCUT2D eigenvalue weighted by molar-refractivity contribution is -0.140. The summed E-state index contributed by atoms with van der Waals surface area (Å²) in [5, 5.41) is 13.3. The van der Waals surface area contributed by atoms with Crippen LogP contribution < -0.4 is 0 Å². The molecule has 0 saturated carbocycles. The van der Waals surface area contributed by atoms with Gasteiger partial charge in [-0.05, 0) is 36.3 Å². The Morgan fingerprint density at radius 1 is 0.970 bits per heavy atom. The van der Waals surface area contributed by atoms with E-state index in [2.05, 4.69) is 18.7 Å². The minimum atomic E-state index is -0.633. The third kappa shape index (κ3) is 4.29. The van der Waals surface area contributed by atoms with Crippen molar-refractivity contribution in [1.82, 2.24) is 9.80 Å². The number of benzene rings is 3.